The highest BCUT2D eigenvalue weighted by atomic mass is 32.1. The number of alkyl halides is 3. The number of ether oxygens (including phenoxy) is 1. The van der Waals surface area contributed by atoms with Crippen LogP contribution in [0, 0.1) is 0 Å². The molecule has 0 saturated carbocycles. The molecular formula is C23H19F3N8O3S. The molecule has 2 aliphatic heterocycles. The van der Waals surface area contributed by atoms with Crippen LogP contribution in [-0.2, 0) is 17.5 Å². The molecule has 0 spiro atoms. The summed E-state index contributed by atoms with van der Waals surface area (Å²) < 4.78 is 48.5. The SMILES string of the molecule is O=C(c1cnnc(N(Cc2ccc(-c3noc(C(F)(F)F)n3)s2)c2cnccn2)c1)N1C2CCC1COC2. The number of aromatic nitrogens is 6. The van der Waals surface area contributed by atoms with Crippen LogP contribution in [0.5, 0.6) is 0 Å². The van der Waals surface area contributed by atoms with Gasteiger partial charge in [0.1, 0.15) is 0 Å². The Labute approximate surface area is 217 Å². The first-order valence-corrected chi connectivity index (χ1v) is 12.4. The van der Waals surface area contributed by atoms with E-state index in [1.165, 1.54) is 29.9 Å². The Morgan fingerprint density at radius 2 is 1.95 bits per heavy atom. The number of nitrogens with zero attached hydrogens (tertiary/aromatic N) is 8. The minimum Gasteiger partial charge on any atom is -0.377 e. The Morgan fingerprint density at radius 1 is 1.13 bits per heavy atom. The second-order valence-electron chi connectivity index (χ2n) is 8.77. The van der Waals surface area contributed by atoms with Gasteiger partial charge >= 0.3 is 12.1 Å². The molecule has 4 aromatic rings. The third-order valence-electron chi connectivity index (χ3n) is 6.33. The smallest absolute Gasteiger partial charge is 0.377 e. The average Bonchev–Trinajstić information content (AvgIpc) is 3.65. The summed E-state index contributed by atoms with van der Waals surface area (Å²) in [6.07, 6.45) is 3.11. The standard InChI is InChI=1S/C23H19F3N8O3S/c24-23(25,26)22-30-20(32-37-22)17-4-3-16(38-17)10-33(19-9-27-5-6-28-19)18-7-13(8-29-31-18)21(35)34-14-1-2-15(34)12-36-11-14/h3-9,14-15H,1-2,10-12H2. The molecule has 4 aromatic heterocycles. The Morgan fingerprint density at radius 3 is 2.66 bits per heavy atom. The molecule has 2 atom stereocenters. The molecule has 0 aromatic carbocycles. The minimum absolute atomic E-state index is 0.0431. The lowest BCUT2D eigenvalue weighted by Crippen LogP contribution is -2.49. The highest BCUT2D eigenvalue weighted by molar-refractivity contribution is 7.15. The molecule has 15 heteroatoms. The molecule has 0 N–H and O–H groups in total. The van der Waals surface area contributed by atoms with Gasteiger partial charge in [0, 0.05) is 17.3 Å². The van der Waals surface area contributed by atoms with Gasteiger partial charge < -0.3 is 19.1 Å². The number of amides is 1. The van der Waals surface area contributed by atoms with E-state index in [-0.39, 0.29) is 30.4 Å². The highest BCUT2D eigenvalue weighted by Gasteiger charge is 2.41. The molecule has 2 bridgehead atoms. The summed E-state index contributed by atoms with van der Waals surface area (Å²) in [6, 6.07) is 5.09. The van der Waals surface area contributed by atoms with Gasteiger partial charge in [-0.1, -0.05) is 5.16 Å². The topological polar surface area (TPSA) is 123 Å². The number of hydrogen-bond donors (Lipinski definition) is 0. The Balaban J connectivity index is 1.28. The summed E-state index contributed by atoms with van der Waals surface area (Å²) in [6.45, 7) is 1.26. The van der Waals surface area contributed by atoms with Crippen LogP contribution in [0.15, 0.2) is 47.5 Å². The van der Waals surface area contributed by atoms with Gasteiger partial charge in [-0.2, -0.15) is 23.3 Å². The first-order valence-electron chi connectivity index (χ1n) is 11.6. The molecular weight excluding hydrogens is 525 g/mol. The predicted octanol–water partition coefficient (Wildman–Crippen LogP) is 3.74. The molecule has 2 unspecified atom stereocenters. The van der Waals surface area contributed by atoms with Crippen LogP contribution in [-0.4, -0.2) is 66.4 Å². The van der Waals surface area contributed by atoms with Gasteiger partial charge in [-0.3, -0.25) is 9.78 Å². The van der Waals surface area contributed by atoms with E-state index in [0.29, 0.717) is 35.3 Å². The molecule has 0 radical (unpaired) electrons. The zero-order valence-corrected chi connectivity index (χ0v) is 20.4. The van der Waals surface area contributed by atoms with Crippen molar-refractivity contribution in [3.05, 3.63) is 59.3 Å². The summed E-state index contributed by atoms with van der Waals surface area (Å²) in [4.78, 5) is 30.1. The maximum absolute atomic E-state index is 13.4. The van der Waals surface area contributed by atoms with Crippen molar-refractivity contribution < 1.29 is 27.2 Å². The lowest BCUT2D eigenvalue weighted by molar-refractivity contribution is -0.159. The van der Waals surface area contributed by atoms with Crippen molar-refractivity contribution >= 4 is 28.9 Å². The second kappa shape index (κ2) is 9.72. The van der Waals surface area contributed by atoms with Crippen LogP contribution < -0.4 is 4.90 Å². The van der Waals surface area contributed by atoms with Gasteiger partial charge in [-0.15, -0.1) is 16.4 Å². The maximum atomic E-state index is 13.4. The summed E-state index contributed by atoms with van der Waals surface area (Å²) in [5.41, 5.74) is 0.390. The van der Waals surface area contributed by atoms with Crippen LogP contribution in [0.2, 0.25) is 0 Å². The van der Waals surface area contributed by atoms with Crippen molar-refractivity contribution in [1.82, 2.24) is 35.2 Å². The quantitative estimate of drug-likeness (QED) is 0.355. The zero-order chi connectivity index (χ0) is 26.3. The Kier molecular flexibility index (Phi) is 6.23. The summed E-state index contributed by atoms with van der Waals surface area (Å²) in [5.74, 6) is -0.884. The Hall–Kier alpha value is -3.98. The number of hydrogen-bond acceptors (Lipinski definition) is 11. The molecule has 6 rings (SSSR count). The van der Waals surface area contributed by atoms with E-state index in [0.717, 1.165) is 17.7 Å². The van der Waals surface area contributed by atoms with Gasteiger partial charge in [0.15, 0.2) is 11.6 Å². The molecule has 196 valence electrons. The van der Waals surface area contributed by atoms with E-state index in [1.807, 2.05) is 4.90 Å². The number of morpholine rings is 1. The molecule has 1 amide bonds. The molecule has 2 saturated heterocycles. The second-order valence-corrected chi connectivity index (χ2v) is 9.94. The number of rotatable bonds is 6. The van der Waals surface area contributed by atoms with Crippen LogP contribution in [0.1, 0.15) is 34.0 Å². The van der Waals surface area contributed by atoms with Gasteiger partial charge in [-0.25, -0.2) is 4.98 Å². The molecule has 11 nitrogen and oxygen atoms in total. The van der Waals surface area contributed by atoms with Crippen molar-refractivity contribution in [1.29, 1.82) is 0 Å². The average molecular weight is 545 g/mol. The molecule has 2 aliphatic rings. The van der Waals surface area contributed by atoms with Crippen LogP contribution in [0.4, 0.5) is 24.8 Å². The van der Waals surface area contributed by atoms with E-state index in [9.17, 15) is 18.0 Å². The van der Waals surface area contributed by atoms with Gasteiger partial charge in [0.05, 0.1) is 54.7 Å². The minimum atomic E-state index is -4.73. The van der Waals surface area contributed by atoms with E-state index in [4.69, 9.17) is 4.74 Å². The maximum Gasteiger partial charge on any atom is 0.471 e. The third kappa shape index (κ3) is 4.69. The zero-order valence-electron chi connectivity index (χ0n) is 19.6. The van der Waals surface area contributed by atoms with Crippen LogP contribution >= 0.6 is 11.3 Å². The van der Waals surface area contributed by atoms with Crippen molar-refractivity contribution in [2.75, 3.05) is 18.1 Å². The molecule has 38 heavy (non-hydrogen) atoms. The summed E-state index contributed by atoms with van der Waals surface area (Å²) >= 11 is 1.19. The van der Waals surface area contributed by atoms with Gasteiger partial charge in [-0.05, 0) is 31.0 Å². The number of carbonyl (C=O) groups excluding carboxylic acids is 1. The molecule has 6 heterocycles. The number of fused-ring (bicyclic) bond motifs is 2. The first kappa shape index (κ1) is 24.4. The first-order chi connectivity index (χ1) is 18.4. The van der Waals surface area contributed by atoms with Crippen LogP contribution in [0.3, 0.4) is 0 Å². The van der Waals surface area contributed by atoms with Crippen molar-refractivity contribution in [2.45, 2.75) is 37.6 Å². The van der Waals surface area contributed by atoms with Crippen molar-refractivity contribution in [3.8, 4) is 10.7 Å². The van der Waals surface area contributed by atoms with E-state index < -0.39 is 12.1 Å². The van der Waals surface area contributed by atoms with Crippen LogP contribution in [0.25, 0.3) is 10.7 Å². The number of thiophene rings is 1. The number of carbonyl (C=O) groups is 1. The molecule has 2 fully saturated rings. The fraction of sp³-hybridized carbons (Fsp3) is 0.348. The Bertz CT molecular complexity index is 1430. The summed E-state index contributed by atoms with van der Waals surface area (Å²) in [5, 5.41) is 11.8. The van der Waals surface area contributed by atoms with Crippen molar-refractivity contribution in [3.63, 3.8) is 0 Å². The largest absolute Gasteiger partial charge is 0.471 e. The van der Waals surface area contributed by atoms with Crippen molar-refractivity contribution in [2.24, 2.45) is 0 Å². The van der Waals surface area contributed by atoms with Gasteiger partial charge in [0.2, 0.25) is 5.82 Å². The lowest BCUT2D eigenvalue weighted by Gasteiger charge is -2.34. The van der Waals surface area contributed by atoms with E-state index >= 15 is 0 Å². The van der Waals surface area contributed by atoms with Gasteiger partial charge in [0.25, 0.3) is 5.91 Å². The normalized spacial score (nSPS) is 19.1. The third-order valence-corrected chi connectivity index (χ3v) is 7.40. The lowest BCUT2D eigenvalue weighted by atomic mass is 10.2. The summed E-state index contributed by atoms with van der Waals surface area (Å²) in [7, 11) is 0. The van der Waals surface area contributed by atoms with E-state index in [1.54, 1.807) is 29.3 Å². The monoisotopic (exact) mass is 544 g/mol. The highest BCUT2D eigenvalue weighted by Crippen LogP contribution is 2.34. The van der Waals surface area contributed by atoms with E-state index in [2.05, 4.69) is 34.8 Å². The fourth-order valence-corrected chi connectivity index (χ4v) is 5.52. The number of anilines is 2. The molecule has 0 aliphatic carbocycles. The fourth-order valence-electron chi connectivity index (χ4n) is 4.60. The predicted molar refractivity (Wildman–Crippen MR) is 126 cm³/mol. The number of halogens is 3.